The topological polar surface area (TPSA) is 64.6 Å². The first kappa shape index (κ1) is 19.7. The minimum atomic E-state index is -0.553. The van der Waals surface area contributed by atoms with E-state index in [1.54, 1.807) is 72.8 Å². The summed E-state index contributed by atoms with van der Waals surface area (Å²) in [5.41, 5.74) is 0.918. The van der Waals surface area contributed by atoms with E-state index in [-0.39, 0.29) is 12.5 Å². The summed E-state index contributed by atoms with van der Waals surface area (Å²) in [4.78, 5) is 24.1. The molecule has 0 unspecified atom stereocenters. The van der Waals surface area contributed by atoms with E-state index in [9.17, 15) is 9.59 Å². The molecule has 5 nitrogen and oxygen atoms in total. The van der Waals surface area contributed by atoms with E-state index in [1.807, 2.05) is 0 Å². The SMILES string of the molecule is O=C(COc1ccc(Cl)cc1)Oc1ccc(NC(=O)c2ccccc2Cl)cc1. The van der Waals surface area contributed by atoms with Crippen LogP contribution in [0, 0.1) is 0 Å². The quantitative estimate of drug-likeness (QED) is 0.442. The molecular weight excluding hydrogens is 401 g/mol. The molecule has 142 valence electrons. The number of ether oxygens (including phenoxy) is 2. The predicted octanol–water partition coefficient (Wildman–Crippen LogP) is 5.23. The first-order chi connectivity index (χ1) is 13.5. The van der Waals surface area contributed by atoms with Crippen molar-refractivity contribution in [2.45, 2.75) is 0 Å². The van der Waals surface area contributed by atoms with Gasteiger partial charge in [-0.1, -0.05) is 35.3 Å². The summed E-state index contributed by atoms with van der Waals surface area (Å²) in [5.74, 6) is -0.0334. The highest BCUT2D eigenvalue weighted by Gasteiger charge is 2.10. The summed E-state index contributed by atoms with van der Waals surface area (Å²) in [6.07, 6.45) is 0. The number of esters is 1. The van der Waals surface area contributed by atoms with E-state index in [4.69, 9.17) is 32.7 Å². The van der Waals surface area contributed by atoms with Gasteiger partial charge in [-0.15, -0.1) is 0 Å². The third-order valence-corrected chi connectivity index (χ3v) is 4.21. The summed E-state index contributed by atoms with van der Waals surface area (Å²) in [6, 6.07) is 19.8. The van der Waals surface area contributed by atoms with Gasteiger partial charge in [0, 0.05) is 10.7 Å². The van der Waals surface area contributed by atoms with Crippen molar-refractivity contribution < 1.29 is 19.1 Å². The Morgan fingerprint density at radius 3 is 2.14 bits per heavy atom. The van der Waals surface area contributed by atoms with Crippen molar-refractivity contribution in [1.82, 2.24) is 0 Å². The van der Waals surface area contributed by atoms with Gasteiger partial charge in [0.2, 0.25) is 0 Å². The molecule has 0 atom stereocenters. The minimum absolute atomic E-state index is 0.243. The number of benzene rings is 3. The highest BCUT2D eigenvalue weighted by molar-refractivity contribution is 6.34. The molecule has 0 aromatic heterocycles. The van der Waals surface area contributed by atoms with Gasteiger partial charge in [-0.3, -0.25) is 4.79 Å². The normalized spacial score (nSPS) is 10.2. The maximum absolute atomic E-state index is 12.2. The zero-order valence-corrected chi connectivity index (χ0v) is 16.0. The van der Waals surface area contributed by atoms with Crippen molar-refractivity contribution in [3.63, 3.8) is 0 Å². The number of anilines is 1. The van der Waals surface area contributed by atoms with Gasteiger partial charge in [-0.2, -0.15) is 0 Å². The number of carbonyl (C=O) groups is 2. The molecular formula is C21H15Cl2NO4. The van der Waals surface area contributed by atoms with Crippen molar-refractivity contribution in [2.75, 3.05) is 11.9 Å². The molecule has 0 aliphatic carbocycles. The van der Waals surface area contributed by atoms with Gasteiger partial charge in [0.25, 0.3) is 5.91 Å². The number of nitrogens with one attached hydrogen (secondary N) is 1. The molecule has 0 saturated carbocycles. The van der Waals surface area contributed by atoms with Crippen LogP contribution < -0.4 is 14.8 Å². The molecule has 0 spiro atoms. The Kier molecular flexibility index (Phi) is 6.53. The molecule has 3 aromatic carbocycles. The van der Waals surface area contributed by atoms with Gasteiger partial charge in [-0.25, -0.2) is 4.79 Å². The zero-order valence-electron chi connectivity index (χ0n) is 14.5. The third-order valence-electron chi connectivity index (χ3n) is 3.63. The fourth-order valence-electron chi connectivity index (χ4n) is 2.28. The Balaban J connectivity index is 1.52. The van der Waals surface area contributed by atoms with Crippen LogP contribution in [0.25, 0.3) is 0 Å². The Bertz CT molecular complexity index is 972. The molecule has 0 aliphatic rings. The summed E-state index contributed by atoms with van der Waals surface area (Å²) in [7, 11) is 0. The summed E-state index contributed by atoms with van der Waals surface area (Å²) >= 11 is 11.8. The van der Waals surface area contributed by atoms with Crippen molar-refractivity contribution >= 4 is 40.8 Å². The molecule has 0 aliphatic heterocycles. The third kappa shape index (κ3) is 5.49. The Hall–Kier alpha value is -3.02. The molecule has 1 amide bonds. The van der Waals surface area contributed by atoms with Gasteiger partial charge in [-0.05, 0) is 60.7 Å². The number of carbonyl (C=O) groups excluding carboxylic acids is 2. The molecule has 0 heterocycles. The smallest absolute Gasteiger partial charge is 0.349 e. The highest BCUT2D eigenvalue weighted by atomic mass is 35.5. The van der Waals surface area contributed by atoms with E-state index in [0.717, 1.165) is 0 Å². The van der Waals surface area contributed by atoms with Crippen LogP contribution in [0.4, 0.5) is 5.69 Å². The number of rotatable bonds is 6. The second-order valence-corrected chi connectivity index (χ2v) is 6.52. The fraction of sp³-hybridized carbons (Fsp3) is 0.0476. The van der Waals surface area contributed by atoms with Crippen LogP contribution in [0.3, 0.4) is 0 Å². The molecule has 3 rings (SSSR count). The van der Waals surface area contributed by atoms with Gasteiger partial charge < -0.3 is 14.8 Å². The standard InChI is InChI=1S/C21H15Cl2NO4/c22-14-5-9-16(10-6-14)27-13-20(25)28-17-11-7-15(8-12-17)24-21(26)18-3-1-2-4-19(18)23/h1-12H,13H2,(H,24,26). The Morgan fingerprint density at radius 2 is 1.46 bits per heavy atom. The first-order valence-corrected chi connectivity index (χ1v) is 9.02. The van der Waals surface area contributed by atoms with Crippen LogP contribution in [0.2, 0.25) is 10.0 Å². The molecule has 0 saturated heterocycles. The predicted molar refractivity (Wildman–Crippen MR) is 108 cm³/mol. The highest BCUT2D eigenvalue weighted by Crippen LogP contribution is 2.20. The molecule has 1 N–H and O–H groups in total. The summed E-state index contributed by atoms with van der Waals surface area (Å²) in [5, 5.41) is 3.68. The van der Waals surface area contributed by atoms with E-state index >= 15 is 0 Å². The molecule has 7 heteroatoms. The average molecular weight is 416 g/mol. The van der Waals surface area contributed by atoms with Crippen molar-refractivity contribution in [3.8, 4) is 11.5 Å². The van der Waals surface area contributed by atoms with E-state index in [2.05, 4.69) is 5.32 Å². The maximum Gasteiger partial charge on any atom is 0.349 e. The van der Waals surface area contributed by atoms with Gasteiger partial charge in [0.05, 0.1) is 10.6 Å². The second-order valence-electron chi connectivity index (χ2n) is 5.68. The van der Waals surface area contributed by atoms with Gasteiger partial charge in [0.1, 0.15) is 11.5 Å². The largest absolute Gasteiger partial charge is 0.482 e. The number of hydrogen-bond acceptors (Lipinski definition) is 4. The van der Waals surface area contributed by atoms with E-state index < -0.39 is 5.97 Å². The molecule has 3 aromatic rings. The summed E-state index contributed by atoms with van der Waals surface area (Å²) < 4.78 is 10.5. The van der Waals surface area contributed by atoms with Crippen LogP contribution in [0.15, 0.2) is 72.8 Å². The van der Waals surface area contributed by atoms with Crippen LogP contribution >= 0.6 is 23.2 Å². The van der Waals surface area contributed by atoms with E-state index in [1.165, 1.54) is 0 Å². The lowest BCUT2D eigenvalue weighted by atomic mass is 10.2. The number of hydrogen-bond donors (Lipinski definition) is 1. The number of amides is 1. The average Bonchev–Trinajstić information content (AvgIpc) is 2.69. The first-order valence-electron chi connectivity index (χ1n) is 8.26. The molecule has 0 bridgehead atoms. The van der Waals surface area contributed by atoms with Crippen LogP contribution in [-0.2, 0) is 4.79 Å². The van der Waals surface area contributed by atoms with Gasteiger partial charge in [0.15, 0.2) is 6.61 Å². The van der Waals surface area contributed by atoms with Crippen molar-refractivity contribution in [3.05, 3.63) is 88.4 Å². The van der Waals surface area contributed by atoms with Gasteiger partial charge >= 0.3 is 5.97 Å². The Morgan fingerprint density at radius 1 is 0.821 bits per heavy atom. The molecule has 0 radical (unpaired) electrons. The number of halogens is 2. The van der Waals surface area contributed by atoms with Crippen LogP contribution in [0.5, 0.6) is 11.5 Å². The maximum atomic E-state index is 12.2. The Labute approximate surface area is 171 Å². The summed E-state index contributed by atoms with van der Waals surface area (Å²) in [6.45, 7) is -0.243. The van der Waals surface area contributed by atoms with E-state index in [0.29, 0.717) is 32.8 Å². The van der Waals surface area contributed by atoms with Crippen LogP contribution in [0.1, 0.15) is 10.4 Å². The minimum Gasteiger partial charge on any atom is -0.482 e. The fourth-order valence-corrected chi connectivity index (χ4v) is 2.63. The molecule has 0 fully saturated rings. The molecule has 28 heavy (non-hydrogen) atoms. The second kappa shape index (κ2) is 9.26. The lowest BCUT2D eigenvalue weighted by Crippen LogP contribution is -2.17. The van der Waals surface area contributed by atoms with Crippen LogP contribution in [-0.4, -0.2) is 18.5 Å². The van der Waals surface area contributed by atoms with Crippen molar-refractivity contribution in [1.29, 1.82) is 0 Å². The lowest BCUT2D eigenvalue weighted by Gasteiger charge is -2.09. The lowest BCUT2D eigenvalue weighted by molar-refractivity contribution is -0.136. The monoisotopic (exact) mass is 415 g/mol. The zero-order chi connectivity index (χ0) is 19.9. The van der Waals surface area contributed by atoms with Crippen molar-refractivity contribution in [2.24, 2.45) is 0 Å².